The maximum absolute atomic E-state index is 14.0. The fourth-order valence-electron chi connectivity index (χ4n) is 6.15. The van der Waals surface area contributed by atoms with Crippen LogP contribution in [-0.4, -0.2) is 109 Å². The van der Waals surface area contributed by atoms with Crippen molar-refractivity contribution >= 4 is 29.5 Å². The number of ether oxygens (including phenoxy) is 2. The normalized spacial score (nSPS) is 24.4. The molecule has 0 radical (unpaired) electrons. The van der Waals surface area contributed by atoms with Crippen molar-refractivity contribution in [2.75, 3.05) is 40.3 Å². The molecule has 13 nitrogen and oxygen atoms in total. The average Bonchev–Trinajstić information content (AvgIpc) is 3.51. The summed E-state index contributed by atoms with van der Waals surface area (Å²) in [5, 5.41) is 8.39. The molecule has 2 aliphatic heterocycles. The zero-order valence-corrected chi connectivity index (χ0v) is 26.7. The van der Waals surface area contributed by atoms with Crippen molar-refractivity contribution in [3.05, 3.63) is 58.8 Å². The molecule has 1 aromatic heterocycles. The lowest BCUT2D eigenvalue weighted by Gasteiger charge is -2.38. The molecule has 0 saturated carbocycles. The number of fused-ring (bicyclic) bond motifs is 3. The van der Waals surface area contributed by atoms with Crippen molar-refractivity contribution in [3.8, 4) is 5.88 Å². The number of morpholine rings is 1. The van der Waals surface area contributed by atoms with Crippen LogP contribution < -0.4 is 20.7 Å². The van der Waals surface area contributed by atoms with E-state index < -0.39 is 47.9 Å². The summed E-state index contributed by atoms with van der Waals surface area (Å²) in [5.74, 6) is -2.43. The fraction of sp³-hybridized carbons (Fsp3) is 0.515. The Morgan fingerprint density at radius 2 is 1.83 bits per heavy atom. The van der Waals surface area contributed by atoms with E-state index in [4.69, 9.17) is 9.47 Å². The first-order valence-electron chi connectivity index (χ1n) is 15.7. The second kappa shape index (κ2) is 14.3. The number of nitrogens with one attached hydrogen (secondary N) is 3. The summed E-state index contributed by atoms with van der Waals surface area (Å²) >= 11 is 0. The number of aromatic nitrogens is 1. The minimum Gasteiger partial charge on any atom is -0.480 e. The van der Waals surface area contributed by atoms with Crippen LogP contribution in [0, 0.1) is 5.92 Å². The Morgan fingerprint density at radius 1 is 1.07 bits per heavy atom. The smallest absolute Gasteiger partial charge is 0.259 e. The standard InChI is InChI=1S/C33H42N6O7/c1-19(2)28-30(42)34-15-22-16-39(32(43)23-14-21-11-8-12-24(21)36-31(23)45-4)17-26(46-22)29(41)35-25(13-20-9-6-5-7-10-20)33(44)38(3)18-27(40)37-28/h5-7,9-10,14,19,22,25-26,28H,8,11-13,15-18H2,1-4H3,(H,34,42)(H,35,41)(H,37,40)/t22-,25+,26+,28-/m0/s1. The van der Waals surface area contributed by atoms with Crippen molar-refractivity contribution in [3.63, 3.8) is 0 Å². The highest BCUT2D eigenvalue weighted by atomic mass is 16.5. The third-order valence-electron chi connectivity index (χ3n) is 8.61. The van der Waals surface area contributed by atoms with Gasteiger partial charge in [-0.25, -0.2) is 4.98 Å². The topological polar surface area (TPSA) is 159 Å². The van der Waals surface area contributed by atoms with Crippen LogP contribution >= 0.6 is 0 Å². The molecule has 46 heavy (non-hydrogen) atoms. The molecule has 0 spiro atoms. The van der Waals surface area contributed by atoms with Gasteiger partial charge in [-0.05, 0) is 42.4 Å². The van der Waals surface area contributed by atoms with Gasteiger partial charge in [-0.2, -0.15) is 0 Å². The predicted molar refractivity (Wildman–Crippen MR) is 167 cm³/mol. The maximum Gasteiger partial charge on any atom is 0.259 e. The number of pyridine rings is 1. The van der Waals surface area contributed by atoms with Gasteiger partial charge in [0.15, 0.2) is 6.10 Å². The Balaban J connectivity index is 1.47. The quantitative estimate of drug-likeness (QED) is 0.422. The van der Waals surface area contributed by atoms with E-state index in [1.54, 1.807) is 13.8 Å². The first-order chi connectivity index (χ1) is 22.0. The molecular weight excluding hydrogens is 592 g/mol. The Morgan fingerprint density at radius 3 is 2.54 bits per heavy atom. The minimum atomic E-state index is -1.14. The van der Waals surface area contributed by atoms with Gasteiger partial charge in [-0.3, -0.25) is 24.0 Å². The lowest BCUT2D eigenvalue weighted by molar-refractivity contribution is -0.148. The van der Waals surface area contributed by atoms with Gasteiger partial charge in [-0.1, -0.05) is 44.2 Å². The van der Waals surface area contributed by atoms with Crippen LogP contribution in [0.25, 0.3) is 0 Å². The van der Waals surface area contributed by atoms with E-state index in [1.807, 2.05) is 36.4 Å². The molecule has 2 aromatic rings. The summed E-state index contributed by atoms with van der Waals surface area (Å²) in [6.45, 7) is 3.27. The number of methoxy groups -OCH3 is 1. The fourth-order valence-corrected chi connectivity index (χ4v) is 6.15. The van der Waals surface area contributed by atoms with Crippen molar-refractivity contribution < 1.29 is 33.4 Å². The molecule has 3 heterocycles. The summed E-state index contributed by atoms with van der Waals surface area (Å²) in [4.78, 5) is 75.0. The molecule has 3 aliphatic rings. The van der Waals surface area contributed by atoms with E-state index in [2.05, 4.69) is 20.9 Å². The van der Waals surface area contributed by atoms with Crippen molar-refractivity contribution in [2.45, 2.75) is 63.8 Å². The summed E-state index contributed by atoms with van der Waals surface area (Å²) in [5.41, 5.74) is 3.01. The van der Waals surface area contributed by atoms with Gasteiger partial charge in [0.1, 0.15) is 17.6 Å². The average molecular weight is 635 g/mol. The van der Waals surface area contributed by atoms with Crippen molar-refractivity contribution in [2.24, 2.45) is 5.92 Å². The number of hydrogen-bond acceptors (Lipinski definition) is 8. The lowest BCUT2D eigenvalue weighted by atomic mass is 10.0. The Bertz CT molecular complexity index is 1480. The number of carbonyl (C=O) groups is 5. The first kappa shape index (κ1) is 32.9. The van der Waals surface area contributed by atoms with Gasteiger partial charge >= 0.3 is 0 Å². The van der Waals surface area contributed by atoms with Crippen LogP contribution in [0.5, 0.6) is 5.88 Å². The zero-order valence-electron chi connectivity index (χ0n) is 26.7. The van der Waals surface area contributed by atoms with Gasteiger partial charge in [0.25, 0.3) is 11.8 Å². The second-order valence-corrected chi connectivity index (χ2v) is 12.4. The van der Waals surface area contributed by atoms with E-state index in [-0.39, 0.29) is 50.3 Å². The monoisotopic (exact) mass is 634 g/mol. The molecule has 246 valence electrons. The molecule has 4 atom stereocenters. The van der Waals surface area contributed by atoms with Crippen molar-refractivity contribution in [1.82, 2.24) is 30.7 Å². The molecule has 1 aliphatic carbocycles. The molecule has 0 unspecified atom stereocenters. The second-order valence-electron chi connectivity index (χ2n) is 12.4. The van der Waals surface area contributed by atoms with E-state index in [1.165, 1.54) is 24.0 Å². The van der Waals surface area contributed by atoms with Crippen LogP contribution in [0.15, 0.2) is 36.4 Å². The number of nitrogens with zero attached hydrogens (tertiary/aromatic N) is 3. The largest absolute Gasteiger partial charge is 0.480 e. The SMILES string of the molecule is COc1nc2c(cc1C(=O)N1C[C@@H]3CNC(=O)[C@H](C(C)C)NC(=O)CN(C)C(=O)[C@@H](Cc4ccccc4)NC(=O)[C@@H](C1)O3)CCC2. The molecule has 2 saturated heterocycles. The van der Waals surface area contributed by atoms with Gasteiger partial charge in [0, 0.05) is 32.3 Å². The molecule has 1 aromatic carbocycles. The summed E-state index contributed by atoms with van der Waals surface area (Å²) in [6.07, 6.45) is 0.843. The highest BCUT2D eigenvalue weighted by Crippen LogP contribution is 2.28. The van der Waals surface area contributed by atoms with E-state index in [0.29, 0.717) is 5.56 Å². The molecular formula is C33H42N6O7. The van der Waals surface area contributed by atoms with E-state index in [0.717, 1.165) is 36.1 Å². The van der Waals surface area contributed by atoms with Gasteiger partial charge < -0.3 is 35.2 Å². The van der Waals surface area contributed by atoms with Crippen LogP contribution in [0.1, 0.15) is 47.4 Å². The number of amides is 5. The lowest BCUT2D eigenvalue weighted by Crippen LogP contribution is -2.59. The van der Waals surface area contributed by atoms with E-state index >= 15 is 0 Å². The highest BCUT2D eigenvalue weighted by molar-refractivity contribution is 5.98. The van der Waals surface area contributed by atoms with Gasteiger partial charge in [0.2, 0.25) is 23.6 Å². The zero-order chi connectivity index (χ0) is 33.0. The highest BCUT2D eigenvalue weighted by Gasteiger charge is 2.39. The minimum absolute atomic E-state index is 0.0165. The summed E-state index contributed by atoms with van der Waals surface area (Å²) in [7, 11) is 2.94. The molecule has 13 heteroatoms. The molecule has 2 fully saturated rings. The van der Waals surface area contributed by atoms with E-state index in [9.17, 15) is 24.0 Å². The third kappa shape index (κ3) is 7.47. The van der Waals surface area contributed by atoms with Crippen LogP contribution in [0.4, 0.5) is 0 Å². The van der Waals surface area contributed by atoms with Gasteiger partial charge in [0.05, 0.1) is 26.3 Å². The summed E-state index contributed by atoms with van der Waals surface area (Å²) < 4.78 is 11.7. The van der Waals surface area contributed by atoms with Gasteiger partial charge in [-0.15, -0.1) is 0 Å². The first-order valence-corrected chi connectivity index (χ1v) is 15.7. The number of aryl methyl sites for hydroxylation is 2. The number of benzene rings is 1. The predicted octanol–water partition coefficient (Wildman–Crippen LogP) is 0.245. The number of carbonyl (C=O) groups excluding carboxylic acids is 5. The van der Waals surface area contributed by atoms with Crippen molar-refractivity contribution in [1.29, 1.82) is 0 Å². The Kier molecular flexibility index (Phi) is 10.2. The van der Waals surface area contributed by atoms with Crippen LogP contribution in [-0.2, 0) is 43.2 Å². The Hall–Kier alpha value is -4.52. The number of rotatable bonds is 5. The van der Waals surface area contributed by atoms with Crippen LogP contribution in [0.2, 0.25) is 0 Å². The summed E-state index contributed by atoms with van der Waals surface area (Å²) in [6, 6.07) is 9.13. The molecule has 5 rings (SSSR count). The number of hydrogen-bond donors (Lipinski definition) is 3. The molecule has 2 bridgehead atoms. The number of likely N-dealkylation sites (N-methyl/N-ethyl adjacent to an activating group) is 1. The van der Waals surface area contributed by atoms with Crippen LogP contribution in [0.3, 0.4) is 0 Å². The Labute approximate surface area is 268 Å². The molecule has 3 N–H and O–H groups in total. The maximum atomic E-state index is 14.0. The molecule has 5 amide bonds. The third-order valence-corrected chi connectivity index (χ3v) is 8.61.